The number of para-hydroxylation sites is 2. The summed E-state index contributed by atoms with van der Waals surface area (Å²) in [6, 6.07) is 26.1. The third kappa shape index (κ3) is 4.08. The van der Waals surface area contributed by atoms with E-state index >= 15 is 0 Å². The number of quaternary nitrogens is 1. The van der Waals surface area contributed by atoms with E-state index in [4.69, 9.17) is 9.47 Å². The highest BCUT2D eigenvalue weighted by atomic mass is 16.5. The van der Waals surface area contributed by atoms with Gasteiger partial charge in [0.15, 0.2) is 6.10 Å². The van der Waals surface area contributed by atoms with Crippen LogP contribution >= 0.6 is 0 Å². The molecule has 0 N–H and O–H groups in total. The van der Waals surface area contributed by atoms with Gasteiger partial charge in [0.05, 0.1) is 20.1 Å². The molecule has 3 aromatic carbocycles. The van der Waals surface area contributed by atoms with Gasteiger partial charge in [0, 0.05) is 24.0 Å². The number of benzene rings is 3. The van der Waals surface area contributed by atoms with Crippen molar-refractivity contribution in [3.05, 3.63) is 95.6 Å². The van der Waals surface area contributed by atoms with E-state index in [0.717, 1.165) is 59.6 Å². The van der Waals surface area contributed by atoms with Crippen LogP contribution in [0.25, 0.3) is 0 Å². The van der Waals surface area contributed by atoms with Crippen molar-refractivity contribution in [3.63, 3.8) is 0 Å². The van der Waals surface area contributed by atoms with E-state index in [-0.39, 0.29) is 12.1 Å². The number of ether oxygens (including phenoxy) is 2. The normalized spacial score (nSPS) is 22.3. The zero-order chi connectivity index (χ0) is 21.3. The Hall–Kier alpha value is -3.11. The molecule has 0 spiro atoms. The number of likely N-dealkylation sites (tertiary alicyclic amines) is 1. The van der Waals surface area contributed by atoms with Crippen molar-refractivity contribution in [2.24, 2.45) is 0 Å². The zero-order valence-electron chi connectivity index (χ0n) is 17.9. The first-order valence-corrected chi connectivity index (χ1v) is 11.0. The fourth-order valence-corrected chi connectivity index (χ4v) is 4.87. The lowest BCUT2D eigenvalue weighted by molar-refractivity contribution is -0.898. The molecule has 2 aliphatic rings. The molecule has 1 fully saturated rings. The first-order chi connectivity index (χ1) is 15.1. The first kappa shape index (κ1) is 19.8. The Morgan fingerprint density at radius 1 is 0.935 bits per heavy atom. The number of carbonyl (C=O) groups is 1. The van der Waals surface area contributed by atoms with E-state index in [0.29, 0.717) is 0 Å². The molecule has 2 aliphatic heterocycles. The number of esters is 1. The average Bonchev–Trinajstić information content (AvgIpc) is 3.17. The predicted molar refractivity (Wildman–Crippen MR) is 120 cm³/mol. The van der Waals surface area contributed by atoms with Crippen LogP contribution in [0.5, 0.6) is 11.5 Å². The molecule has 1 saturated heterocycles. The lowest BCUT2D eigenvalue weighted by atomic mass is 9.88. The second kappa shape index (κ2) is 8.20. The molecule has 1 unspecified atom stereocenters. The number of carbonyl (C=O) groups excluding carboxylic acids is 1. The molecule has 31 heavy (non-hydrogen) atoms. The van der Waals surface area contributed by atoms with Gasteiger partial charge in [0.2, 0.25) is 0 Å². The molecule has 4 heteroatoms. The Balaban J connectivity index is 1.29. The largest absolute Gasteiger partial charge is 0.457 e. The van der Waals surface area contributed by atoms with Crippen LogP contribution in [0.4, 0.5) is 0 Å². The second-order valence-electron chi connectivity index (χ2n) is 8.94. The van der Waals surface area contributed by atoms with E-state index in [1.807, 2.05) is 48.5 Å². The van der Waals surface area contributed by atoms with Crippen LogP contribution in [-0.4, -0.2) is 43.2 Å². The Bertz CT molecular complexity index is 1040. The second-order valence-corrected chi connectivity index (χ2v) is 8.94. The molecule has 5 rings (SSSR count). The summed E-state index contributed by atoms with van der Waals surface area (Å²) in [6.07, 6.45) is 1.90. The summed E-state index contributed by atoms with van der Waals surface area (Å²) in [5.74, 6) is 0.852. The van der Waals surface area contributed by atoms with Crippen molar-refractivity contribution in [3.8, 4) is 11.5 Å². The van der Waals surface area contributed by atoms with Gasteiger partial charge < -0.3 is 14.0 Å². The van der Waals surface area contributed by atoms with Crippen molar-refractivity contribution in [1.82, 2.24) is 0 Å². The van der Waals surface area contributed by atoms with E-state index in [9.17, 15) is 4.79 Å². The van der Waals surface area contributed by atoms with Crippen LogP contribution in [0.2, 0.25) is 0 Å². The van der Waals surface area contributed by atoms with E-state index in [1.165, 1.54) is 5.56 Å². The smallest absolute Gasteiger partial charge is 0.318 e. The van der Waals surface area contributed by atoms with Crippen LogP contribution < -0.4 is 4.74 Å². The van der Waals surface area contributed by atoms with Crippen LogP contribution in [-0.2, 0) is 16.0 Å². The standard InChI is InChI=1S/C27H28NO3/c1-28(17-15-20-9-3-2-4-10-20)18-16-21(19-28)30-27(29)26-22-11-5-7-13-24(22)31-25-14-8-6-12-23(25)26/h2-14,21,26H,15-19H2,1H3/q+1/t21?,28-/m1/s1. The van der Waals surface area contributed by atoms with E-state index < -0.39 is 5.92 Å². The summed E-state index contributed by atoms with van der Waals surface area (Å²) in [4.78, 5) is 13.4. The maximum atomic E-state index is 13.4. The monoisotopic (exact) mass is 414 g/mol. The highest BCUT2D eigenvalue weighted by Crippen LogP contribution is 2.44. The molecule has 0 radical (unpaired) electrons. The summed E-state index contributed by atoms with van der Waals surface area (Å²) in [5.41, 5.74) is 3.12. The minimum atomic E-state index is -0.440. The summed E-state index contributed by atoms with van der Waals surface area (Å²) in [5, 5.41) is 0. The fourth-order valence-electron chi connectivity index (χ4n) is 4.87. The molecule has 158 valence electrons. The lowest BCUT2D eigenvalue weighted by Crippen LogP contribution is -2.44. The molecule has 2 heterocycles. The summed E-state index contributed by atoms with van der Waals surface area (Å²) < 4.78 is 13.1. The Labute approximate surface area is 183 Å². The minimum absolute atomic E-state index is 0.0459. The van der Waals surface area contributed by atoms with Crippen molar-refractivity contribution < 1.29 is 18.8 Å². The first-order valence-electron chi connectivity index (χ1n) is 11.0. The third-order valence-electron chi connectivity index (χ3n) is 6.62. The highest BCUT2D eigenvalue weighted by Gasteiger charge is 2.40. The van der Waals surface area contributed by atoms with Crippen LogP contribution in [0.3, 0.4) is 0 Å². The summed E-state index contributed by atoms with van der Waals surface area (Å²) in [7, 11) is 2.27. The maximum absolute atomic E-state index is 13.4. The molecule has 0 amide bonds. The molecule has 4 nitrogen and oxygen atoms in total. The number of rotatable bonds is 5. The number of hydrogen-bond acceptors (Lipinski definition) is 3. The van der Waals surface area contributed by atoms with Gasteiger partial charge in [0.1, 0.15) is 24.0 Å². The van der Waals surface area contributed by atoms with Crippen molar-refractivity contribution in [2.45, 2.75) is 24.9 Å². The molecule has 3 aromatic rings. The molecule has 0 aromatic heterocycles. The van der Waals surface area contributed by atoms with Crippen LogP contribution in [0, 0.1) is 0 Å². The maximum Gasteiger partial charge on any atom is 0.318 e. The fraction of sp³-hybridized carbons (Fsp3) is 0.296. The number of nitrogens with zero attached hydrogens (tertiary/aromatic N) is 1. The molecule has 0 aliphatic carbocycles. The molecular weight excluding hydrogens is 386 g/mol. The van der Waals surface area contributed by atoms with Gasteiger partial charge in [-0.2, -0.15) is 0 Å². The SMILES string of the molecule is C[N@@+]1(CCc2ccccc2)CCC(OC(=O)C2c3ccccc3Oc3ccccc32)C1. The van der Waals surface area contributed by atoms with Gasteiger partial charge in [-0.1, -0.05) is 66.7 Å². The van der Waals surface area contributed by atoms with Crippen LogP contribution in [0.1, 0.15) is 29.0 Å². The number of fused-ring (bicyclic) bond motifs is 2. The third-order valence-corrected chi connectivity index (χ3v) is 6.62. The Morgan fingerprint density at radius 3 is 2.23 bits per heavy atom. The predicted octanol–water partition coefficient (Wildman–Crippen LogP) is 4.93. The summed E-state index contributed by atoms with van der Waals surface area (Å²) in [6.45, 7) is 2.96. The minimum Gasteiger partial charge on any atom is -0.457 e. The van der Waals surface area contributed by atoms with Crippen molar-refractivity contribution in [1.29, 1.82) is 0 Å². The highest BCUT2D eigenvalue weighted by molar-refractivity contribution is 5.85. The van der Waals surface area contributed by atoms with Crippen molar-refractivity contribution in [2.75, 3.05) is 26.7 Å². The average molecular weight is 415 g/mol. The molecule has 0 bridgehead atoms. The topological polar surface area (TPSA) is 35.5 Å². The summed E-state index contributed by atoms with van der Waals surface area (Å²) >= 11 is 0. The van der Waals surface area contributed by atoms with Gasteiger partial charge in [-0.15, -0.1) is 0 Å². The molecule has 2 atom stereocenters. The van der Waals surface area contributed by atoms with Crippen molar-refractivity contribution >= 4 is 5.97 Å². The number of hydrogen-bond donors (Lipinski definition) is 0. The van der Waals surface area contributed by atoms with Crippen LogP contribution in [0.15, 0.2) is 78.9 Å². The molecule has 0 saturated carbocycles. The lowest BCUT2D eigenvalue weighted by Gasteiger charge is -2.30. The van der Waals surface area contributed by atoms with Gasteiger partial charge in [-0.3, -0.25) is 4.79 Å². The van der Waals surface area contributed by atoms with Gasteiger partial charge in [-0.05, 0) is 17.7 Å². The Morgan fingerprint density at radius 2 is 1.55 bits per heavy atom. The van der Waals surface area contributed by atoms with Gasteiger partial charge in [-0.25, -0.2) is 0 Å². The number of likely N-dealkylation sites (N-methyl/N-ethyl adjacent to an activating group) is 1. The van der Waals surface area contributed by atoms with Gasteiger partial charge >= 0.3 is 5.97 Å². The van der Waals surface area contributed by atoms with Gasteiger partial charge in [0.25, 0.3) is 0 Å². The molecular formula is C27H28NO3+. The quantitative estimate of drug-likeness (QED) is 0.439. The Kier molecular flexibility index (Phi) is 5.24. The van der Waals surface area contributed by atoms with E-state index in [1.54, 1.807) is 0 Å². The van der Waals surface area contributed by atoms with E-state index in [2.05, 4.69) is 37.4 Å². The zero-order valence-corrected chi connectivity index (χ0v) is 17.9.